The van der Waals surface area contributed by atoms with E-state index in [2.05, 4.69) is 5.10 Å². The predicted molar refractivity (Wildman–Crippen MR) is 69.4 cm³/mol. The van der Waals surface area contributed by atoms with Gasteiger partial charge in [-0.3, -0.25) is 9.59 Å². The van der Waals surface area contributed by atoms with Crippen LogP contribution in [0.25, 0.3) is 10.8 Å². The number of hydrogen-bond donors (Lipinski definition) is 1. The number of nitrogens with two attached hydrogens (primary N) is 1. The first-order valence-corrected chi connectivity index (χ1v) is 5.80. The summed E-state index contributed by atoms with van der Waals surface area (Å²) in [7, 11) is 0. The van der Waals surface area contributed by atoms with Crippen LogP contribution in [-0.4, -0.2) is 15.7 Å². The molecule has 94 valence electrons. The summed E-state index contributed by atoms with van der Waals surface area (Å²) >= 11 is 0. The van der Waals surface area contributed by atoms with Crippen molar-refractivity contribution in [1.82, 2.24) is 9.78 Å². The SMILES string of the molecule is CC(C)Cn1nc(C(N)=O)c2ccccc2c1=O. The summed E-state index contributed by atoms with van der Waals surface area (Å²) in [6.45, 7) is 4.42. The van der Waals surface area contributed by atoms with Crippen molar-refractivity contribution in [2.45, 2.75) is 20.4 Å². The van der Waals surface area contributed by atoms with E-state index in [0.29, 0.717) is 17.3 Å². The van der Waals surface area contributed by atoms with E-state index in [0.717, 1.165) is 0 Å². The maximum atomic E-state index is 12.2. The van der Waals surface area contributed by atoms with Gasteiger partial charge >= 0.3 is 0 Å². The van der Waals surface area contributed by atoms with Crippen molar-refractivity contribution in [1.29, 1.82) is 0 Å². The summed E-state index contributed by atoms with van der Waals surface area (Å²) in [5, 5.41) is 5.05. The van der Waals surface area contributed by atoms with Crippen molar-refractivity contribution in [3.63, 3.8) is 0 Å². The Morgan fingerprint density at radius 3 is 2.50 bits per heavy atom. The molecule has 0 radical (unpaired) electrons. The zero-order valence-electron chi connectivity index (χ0n) is 10.4. The molecule has 2 aromatic rings. The number of primary amides is 1. The lowest BCUT2D eigenvalue weighted by atomic mass is 10.1. The van der Waals surface area contributed by atoms with Crippen LogP contribution in [0.5, 0.6) is 0 Å². The van der Waals surface area contributed by atoms with Crippen LogP contribution in [0, 0.1) is 5.92 Å². The summed E-state index contributed by atoms with van der Waals surface area (Å²) in [6.07, 6.45) is 0. The van der Waals surface area contributed by atoms with E-state index >= 15 is 0 Å². The van der Waals surface area contributed by atoms with Crippen molar-refractivity contribution in [3.8, 4) is 0 Å². The highest BCUT2D eigenvalue weighted by atomic mass is 16.1. The molecule has 0 aliphatic rings. The third-order valence-corrected chi connectivity index (χ3v) is 2.64. The molecule has 5 heteroatoms. The van der Waals surface area contributed by atoms with Gasteiger partial charge in [0, 0.05) is 11.9 Å². The van der Waals surface area contributed by atoms with Gasteiger partial charge in [0.2, 0.25) is 0 Å². The van der Waals surface area contributed by atoms with Crippen LogP contribution >= 0.6 is 0 Å². The molecule has 1 aromatic carbocycles. The van der Waals surface area contributed by atoms with Crippen LogP contribution in [0.15, 0.2) is 29.1 Å². The fraction of sp³-hybridized carbons (Fsp3) is 0.308. The van der Waals surface area contributed by atoms with Crippen molar-refractivity contribution in [3.05, 3.63) is 40.3 Å². The summed E-state index contributed by atoms with van der Waals surface area (Å²) in [5.74, 6) is -0.360. The average molecular weight is 245 g/mol. The molecule has 2 rings (SSSR count). The van der Waals surface area contributed by atoms with Gasteiger partial charge in [-0.1, -0.05) is 32.0 Å². The number of rotatable bonds is 3. The van der Waals surface area contributed by atoms with E-state index in [-0.39, 0.29) is 17.2 Å². The molecule has 5 nitrogen and oxygen atoms in total. The summed E-state index contributed by atoms with van der Waals surface area (Å²) < 4.78 is 1.31. The number of hydrogen-bond acceptors (Lipinski definition) is 3. The smallest absolute Gasteiger partial charge is 0.274 e. The minimum absolute atomic E-state index is 0.144. The van der Waals surface area contributed by atoms with Gasteiger partial charge in [0.25, 0.3) is 11.5 Å². The molecule has 18 heavy (non-hydrogen) atoms. The molecule has 1 amide bonds. The van der Waals surface area contributed by atoms with Gasteiger partial charge in [-0.05, 0) is 12.0 Å². The van der Waals surface area contributed by atoms with Crippen LogP contribution < -0.4 is 11.3 Å². The Kier molecular flexibility index (Phi) is 3.14. The van der Waals surface area contributed by atoms with Gasteiger partial charge in [-0.15, -0.1) is 0 Å². The maximum absolute atomic E-state index is 12.2. The first-order chi connectivity index (χ1) is 8.50. The van der Waals surface area contributed by atoms with Crippen LogP contribution in [0.4, 0.5) is 0 Å². The standard InChI is InChI=1S/C13H15N3O2/c1-8(2)7-16-13(18)10-6-4-3-5-9(10)11(15-16)12(14)17/h3-6,8H,7H2,1-2H3,(H2,14,17). The van der Waals surface area contributed by atoms with E-state index < -0.39 is 5.91 Å². The molecule has 0 fully saturated rings. The van der Waals surface area contributed by atoms with Crippen molar-refractivity contribution in [2.24, 2.45) is 11.7 Å². The second kappa shape index (κ2) is 4.60. The van der Waals surface area contributed by atoms with E-state index in [1.807, 2.05) is 13.8 Å². The lowest BCUT2D eigenvalue weighted by molar-refractivity contribution is 0.0994. The van der Waals surface area contributed by atoms with Crippen molar-refractivity contribution < 1.29 is 4.79 Å². The monoisotopic (exact) mass is 245 g/mol. The molecule has 0 bridgehead atoms. The molecule has 0 atom stereocenters. The molecule has 0 aliphatic heterocycles. The summed E-state index contributed by atoms with van der Waals surface area (Å²) in [4.78, 5) is 23.6. The number of carbonyl (C=O) groups is 1. The minimum Gasteiger partial charge on any atom is -0.364 e. The fourth-order valence-corrected chi connectivity index (χ4v) is 1.89. The lowest BCUT2D eigenvalue weighted by Crippen LogP contribution is -2.29. The first kappa shape index (κ1) is 12.3. The lowest BCUT2D eigenvalue weighted by Gasteiger charge is -2.10. The Morgan fingerprint density at radius 1 is 1.33 bits per heavy atom. The van der Waals surface area contributed by atoms with Gasteiger partial charge in [0.1, 0.15) is 0 Å². The number of carbonyl (C=O) groups excluding carboxylic acids is 1. The van der Waals surface area contributed by atoms with E-state index in [1.165, 1.54) is 4.68 Å². The van der Waals surface area contributed by atoms with E-state index in [1.54, 1.807) is 24.3 Å². The number of fused-ring (bicyclic) bond motifs is 1. The van der Waals surface area contributed by atoms with Crippen molar-refractivity contribution in [2.75, 3.05) is 0 Å². The van der Waals surface area contributed by atoms with Crippen molar-refractivity contribution >= 4 is 16.7 Å². The molecule has 0 saturated heterocycles. The first-order valence-electron chi connectivity index (χ1n) is 5.80. The largest absolute Gasteiger partial charge is 0.364 e. The zero-order chi connectivity index (χ0) is 13.3. The molecule has 0 saturated carbocycles. The average Bonchev–Trinajstić information content (AvgIpc) is 2.32. The number of amides is 1. The van der Waals surface area contributed by atoms with Gasteiger partial charge in [-0.25, -0.2) is 4.68 Å². The molecule has 1 heterocycles. The van der Waals surface area contributed by atoms with Crippen LogP contribution in [0.1, 0.15) is 24.3 Å². The minimum atomic E-state index is -0.622. The highest BCUT2D eigenvalue weighted by molar-refractivity contribution is 6.03. The normalized spacial score (nSPS) is 11.1. The third-order valence-electron chi connectivity index (χ3n) is 2.64. The molecular weight excluding hydrogens is 230 g/mol. The molecule has 0 unspecified atom stereocenters. The Labute approximate surface area is 104 Å². The van der Waals surface area contributed by atoms with Gasteiger partial charge < -0.3 is 5.73 Å². The molecule has 0 spiro atoms. The Bertz CT molecular complexity index is 659. The topological polar surface area (TPSA) is 78.0 Å². The Hall–Kier alpha value is -2.17. The number of benzene rings is 1. The van der Waals surface area contributed by atoms with Crippen LogP contribution in [0.2, 0.25) is 0 Å². The fourth-order valence-electron chi connectivity index (χ4n) is 1.89. The Morgan fingerprint density at radius 2 is 1.94 bits per heavy atom. The Balaban J connectivity index is 2.79. The number of nitrogens with zero attached hydrogens (tertiary/aromatic N) is 2. The molecule has 0 aliphatic carbocycles. The van der Waals surface area contributed by atoms with Gasteiger partial charge in [-0.2, -0.15) is 5.10 Å². The van der Waals surface area contributed by atoms with E-state index in [9.17, 15) is 9.59 Å². The van der Waals surface area contributed by atoms with Crippen LogP contribution in [-0.2, 0) is 6.54 Å². The maximum Gasteiger partial charge on any atom is 0.274 e. The zero-order valence-corrected chi connectivity index (χ0v) is 10.4. The molecule has 1 aromatic heterocycles. The number of aromatic nitrogens is 2. The highest BCUT2D eigenvalue weighted by Gasteiger charge is 2.14. The summed E-state index contributed by atoms with van der Waals surface area (Å²) in [6, 6.07) is 6.88. The quantitative estimate of drug-likeness (QED) is 0.881. The molecule has 2 N–H and O–H groups in total. The second-order valence-corrected chi connectivity index (χ2v) is 4.64. The van der Waals surface area contributed by atoms with Gasteiger partial charge in [0.15, 0.2) is 5.69 Å². The van der Waals surface area contributed by atoms with Gasteiger partial charge in [0.05, 0.1) is 5.39 Å². The van der Waals surface area contributed by atoms with Crippen LogP contribution in [0.3, 0.4) is 0 Å². The molecular formula is C13H15N3O2. The summed E-state index contributed by atoms with van der Waals surface area (Å²) in [5.41, 5.74) is 5.27. The van der Waals surface area contributed by atoms with E-state index in [4.69, 9.17) is 5.73 Å². The predicted octanol–water partition coefficient (Wildman–Crippen LogP) is 1.15. The highest BCUT2D eigenvalue weighted by Crippen LogP contribution is 2.13. The second-order valence-electron chi connectivity index (χ2n) is 4.64. The third kappa shape index (κ3) is 2.11.